The van der Waals surface area contributed by atoms with Crippen molar-refractivity contribution in [1.82, 2.24) is 10.2 Å². The van der Waals surface area contributed by atoms with Crippen LogP contribution in [-0.4, -0.2) is 31.6 Å². The van der Waals surface area contributed by atoms with Gasteiger partial charge < -0.3 is 5.32 Å². The van der Waals surface area contributed by atoms with Crippen LogP contribution in [0, 0.1) is 11.7 Å². The Hall–Kier alpha value is -0.160. The first kappa shape index (κ1) is 17.9. The van der Waals surface area contributed by atoms with Crippen molar-refractivity contribution in [2.75, 3.05) is 26.7 Å². The Bertz CT molecular complexity index is 409. The van der Waals surface area contributed by atoms with Crippen LogP contribution in [0.25, 0.3) is 0 Å². The minimum Gasteiger partial charge on any atom is -0.320 e. The fraction of sp³-hybridized carbons (Fsp3) is 0.600. The Kier molecular flexibility index (Phi) is 8.03. The van der Waals surface area contributed by atoms with E-state index in [1.54, 1.807) is 12.1 Å². The van der Waals surface area contributed by atoms with Gasteiger partial charge in [-0.05, 0) is 69.6 Å². The number of nitrogens with zero attached hydrogens (tertiary/aromatic N) is 1. The minimum atomic E-state index is -0.179. The lowest BCUT2D eigenvalue weighted by molar-refractivity contribution is 0.172. The van der Waals surface area contributed by atoms with Gasteiger partial charge in [0.05, 0.1) is 0 Å². The van der Waals surface area contributed by atoms with Crippen LogP contribution in [0.15, 0.2) is 22.7 Å². The third-order valence-electron chi connectivity index (χ3n) is 3.92. The van der Waals surface area contributed by atoms with Crippen LogP contribution in [0.2, 0.25) is 0 Å². The van der Waals surface area contributed by atoms with Crippen molar-refractivity contribution in [3.05, 3.63) is 34.1 Å². The number of piperidine rings is 1. The lowest BCUT2D eigenvalue weighted by Gasteiger charge is -2.32. The number of nitrogens with one attached hydrogen (secondary N) is 1. The van der Waals surface area contributed by atoms with E-state index in [9.17, 15) is 4.39 Å². The normalized spacial score (nSPS) is 16.9. The highest BCUT2D eigenvalue weighted by molar-refractivity contribution is 9.10. The molecule has 114 valence electrons. The molecular weight excluding hydrogens is 343 g/mol. The second-order valence-corrected chi connectivity index (χ2v) is 6.20. The number of halogens is 3. The van der Waals surface area contributed by atoms with Crippen LogP contribution < -0.4 is 5.32 Å². The van der Waals surface area contributed by atoms with Crippen LogP contribution in [0.1, 0.15) is 24.8 Å². The minimum absolute atomic E-state index is 0. The molecule has 1 heterocycles. The van der Waals surface area contributed by atoms with Crippen LogP contribution in [-0.2, 0) is 6.54 Å². The summed E-state index contributed by atoms with van der Waals surface area (Å²) in [5.41, 5.74) is 1.18. The van der Waals surface area contributed by atoms with Gasteiger partial charge in [0.25, 0.3) is 0 Å². The number of likely N-dealkylation sites (tertiary alicyclic amines) is 1. The molecular formula is C15H23BrClFN2. The maximum Gasteiger partial charge on any atom is 0.124 e. The van der Waals surface area contributed by atoms with Gasteiger partial charge >= 0.3 is 0 Å². The summed E-state index contributed by atoms with van der Waals surface area (Å²) in [5.74, 6) is 0.682. The summed E-state index contributed by atoms with van der Waals surface area (Å²) in [6.45, 7) is 4.34. The van der Waals surface area contributed by atoms with Crippen molar-refractivity contribution in [2.24, 2.45) is 5.92 Å². The summed E-state index contributed by atoms with van der Waals surface area (Å²) in [4.78, 5) is 2.47. The van der Waals surface area contributed by atoms with Crippen LogP contribution in [0.3, 0.4) is 0 Å². The molecule has 2 nitrogen and oxygen atoms in total. The van der Waals surface area contributed by atoms with E-state index in [2.05, 4.69) is 26.1 Å². The molecule has 2 rings (SSSR count). The third-order valence-corrected chi connectivity index (χ3v) is 4.66. The standard InChI is InChI=1S/C15H22BrFN2.ClH/c1-18-7-4-12-5-8-19(9-6-12)11-13-2-3-14(17)10-15(13)16;/h2-3,10,12,18H,4-9,11H2,1H3;1H. The molecule has 0 aliphatic carbocycles. The Morgan fingerprint density at radius 1 is 1.35 bits per heavy atom. The van der Waals surface area contributed by atoms with E-state index in [0.29, 0.717) is 0 Å². The van der Waals surface area contributed by atoms with Gasteiger partial charge in [-0.25, -0.2) is 4.39 Å². The van der Waals surface area contributed by atoms with E-state index in [1.165, 1.54) is 24.8 Å². The third kappa shape index (κ3) is 5.32. The Morgan fingerprint density at radius 2 is 2.05 bits per heavy atom. The molecule has 0 bridgehead atoms. The molecule has 5 heteroatoms. The van der Waals surface area contributed by atoms with Crippen molar-refractivity contribution >= 4 is 28.3 Å². The summed E-state index contributed by atoms with van der Waals surface area (Å²) in [7, 11) is 2.02. The lowest BCUT2D eigenvalue weighted by Crippen LogP contribution is -2.34. The van der Waals surface area contributed by atoms with Gasteiger partial charge in [0, 0.05) is 11.0 Å². The van der Waals surface area contributed by atoms with Crippen molar-refractivity contribution in [3.8, 4) is 0 Å². The van der Waals surface area contributed by atoms with E-state index in [4.69, 9.17) is 0 Å². The summed E-state index contributed by atoms with van der Waals surface area (Å²) < 4.78 is 13.9. The maximum atomic E-state index is 13.0. The SMILES string of the molecule is CNCCC1CCN(Cc2ccc(F)cc2Br)CC1.Cl. The summed E-state index contributed by atoms with van der Waals surface area (Å²) in [6.07, 6.45) is 3.84. The topological polar surface area (TPSA) is 15.3 Å². The number of benzene rings is 1. The van der Waals surface area contributed by atoms with Crippen molar-refractivity contribution in [1.29, 1.82) is 0 Å². The predicted molar refractivity (Wildman–Crippen MR) is 87.9 cm³/mol. The maximum absolute atomic E-state index is 13.0. The van der Waals surface area contributed by atoms with E-state index in [0.717, 1.165) is 36.6 Å². The van der Waals surface area contributed by atoms with Crippen molar-refractivity contribution in [2.45, 2.75) is 25.8 Å². The molecule has 1 aromatic rings. The zero-order chi connectivity index (χ0) is 13.7. The predicted octanol–water partition coefficient (Wildman–Crippen LogP) is 3.83. The van der Waals surface area contributed by atoms with Crippen LogP contribution >= 0.6 is 28.3 Å². The highest BCUT2D eigenvalue weighted by Crippen LogP contribution is 2.24. The molecule has 1 aliphatic rings. The molecule has 0 aromatic heterocycles. The number of hydrogen-bond acceptors (Lipinski definition) is 2. The number of rotatable bonds is 5. The molecule has 1 N–H and O–H groups in total. The zero-order valence-corrected chi connectivity index (χ0v) is 14.3. The van der Waals surface area contributed by atoms with E-state index < -0.39 is 0 Å². The van der Waals surface area contributed by atoms with Gasteiger partial charge in [0.2, 0.25) is 0 Å². The second-order valence-electron chi connectivity index (χ2n) is 5.35. The van der Waals surface area contributed by atoms with E-state index in [-0.39, 0.29) is 18.2 Å². The molecule has 1 fully saturated rings. The smallest absolute Gasteiger partial charge is 0.124 e. The Balaban J connectivity index is 0.00000200. The fourth-order valence-corrected chi connectivity index (χ4v) is 3.15. The molecule has 1 aliphatic heterocycles. The quantitative estimate of drug-likeness (QED) is 0.853. The van der Waals surface area contributed by atoms with Crippen LogP contribution in [0.5, 0.6) is 0 Å². The van der Waals surface area contributed by atoms with Crippen LogP contribution in [0.4, 0.5) is 4.39 Å². The zero-order valence-electron chi connectivity index (χ0n) is 11.9. The molecule has 1 aromatic carbocycles. The molecule has 0 amide bonds. The van der Waals surface area contributed by atoms with Gasteiger partial charge in [-0.2, -0.15) is 0 Å². The first-order valence-corrected chi connectivity index (χ1v) is 7.79. The van der Waals surface area contributed by atoms with E-state index in [1.807, 2.05) is 13.1 Å². The molecule has 0 saturated carbocycles. The monoisotopic (exact) mass is 364 g/mol. The molecule has 0 unspecified atom stereocenters. The van der Waals surface area contributed by atoms with Gasteiger partial charge in [-0.1, -0.05) is 22.0 Å². The highest BCUT2D eigenvalue weighted by atomic mass is 79.9. The highest BCUT2D eigenvalue weighted by Gasteiger charge is 2.19. The average Bonchev–Trinajstić information content (AvgIpc) is 2.41. The number of hydrogen-bond donors (Lipinski definition) is 1. The van der Waals surface area contributed by atoms with Crippen molar-refractivity contribution < 1.29 is 4.39 Å². The van der Waals surface area contributed by atoms with Crippen molar-refractivity contribution in [3.63, 3.8) is 0 Å². The van der Waals surface area contributed by atoms with Gasteiger partial charge in [-0.3, -0.25) is 4.90 Å². The second kappa shape index (κ2) is 8.98. The summed E-state index contributed by atoms with van der Waals surface area (Å²) in [5, 5.41) is 3.22. The average molecular weight is 366 g/mol. The summed E-state index contributed by atoms with van der Waals surface area (Å²) >= 11 is 3.45. The lowest BCUT2D eigenvalue weighted by atomic mass is 9.93. The van der Waals surface area contributed by atoms with Gasteiger partial charge in [0.1, 0.15) is 5.82 Å². The van der Waals surface area contributed by atoms with E-state index >= 15 is 0 Å². The molecule has 0 spiro atoms. The summed E-state index contributed by atoms with van der Waals surface area (Å²) in [6, 6.07) is 4.97. The molecule has 1 saturated heterocycles. The Labute approximate surface area is 135 Å². The van der Waals surface area contributed by atoms with Gasteiger partial charge in [0.15, 0.2) is 0 Å². The molecule has 0 atom stereocenters. The fourth-order valence-electron chi connectivity index (χ4n) is 2.67. The molecule has 20 heavy (non-hydrogen) atoms. The first-order chi connectivity index (χ1) is 9.19. The molecule has 0 radical (unpaired) electrons. The Morgan fingerprint density at radius 3 is 2.65 bits per heavy atom. The van der Waals surface area contributed by atoms with Gasteiger partial charge in [-0.15, -0.1) is 12.4 Å². The largest absolute Gasteiger partial charge is 0.320 e. The first-order valence-electron chi connectivity index (χ1n) is 7.00.